The molecule has 6 heteroatoms. The van der Waals surface area contributed by atoms with Crippen molar-refractivity contribution < 1.29 is 23.0 Å². The second-order valence-electron chi connectivity index (χ2n) is 7.09. The number of nitrogens with two attached hydrogens (primary N) is 1. The number of halogens is 2. The van der Waals surface area contributed by atoms with Crippen LogP contribution in [0.25, 0.3) is 11.1 Å². The van der Waals surface area contributed by atoms with Gasteiger partial charge in [-0.25, -0.2) is 13.6 Å². The Morgan fingerprint density at radius 2 is 1.96 bits per heavy atom. The van der Waals surface area contributed by atoms with Crippen molar-refractivity contribution in [3.8, 4) is 16.9 Å². The zero-order valence-electron chi connectivity index (χ0n) is 14.9. The van der Waals surface area contributed by atoms with Crippen LogP contribution in [0.5, 0.6) is 5.75 Å². The van der Waals surface area contributed by atoms with E-state index >= 15 is 0 Å². The second kappa shape index (κ2) is 6.59. The highest BCUT2D eigenvalue weighted by Crippen LogP contribution is 2.49. The summed E-state index contributed by atoms with van der Waals surface area (Å²) in [5, 5.41) is 0. The normalized spacial score (nSPS) is 17.7. The Morgan fingerprint density at radius 3 is 2.58 bits per heavy atom. The molecule has 1 atom stereocenters. The highest BCUT2D eigenvalue weighted by atomic mass is 19.1. The minimum absolute atomic E-state index is 0.133. The van der Waals surface area contributed by atoms with Crippen LogP contribution in [-0.4, -0.2) is 12.7 Å². The number of amides is 1. The average molecular weight is 361 g/mol. The van der Waals surface area contributed by atoms with E-state index in [-0.39, 0.29) is 5.75 Å². The van der Waals surface area contributed by atoms with Gasteiger partial charge in [-0.2, -0.15) is 0 Å². The van der Waals surface area contributed by atoms with E-state index in [1.165, 1.54) is 18.2 Å². The number of carbonyl (C=O) groups is 1. The van der Waals surface area contributed by atoms with E-state index in [0.717, 1.165) is 5.56 Å². The minimum atomic E-state index is -0.894. The second-order valence-corrected chi connectivity index (χ2v) is 7.09. The molecule has 0 unspecified atom stereocenters. The molecule has 1 amide bonds. The van der Waals surface area contributed by atoms with E-state index in [4.69, 9.17) is 15.2 Å². The van der Waals surface area contributed by atoms with Gasteiger partial charge in [-0.3, -0.25) is 0 Å². The van der Waals surface area contributed by atoms with Crippen molar-refractivity contribution in [2.24, 2.45) is 11.1 Å². The fraction of sp³-hybridized carbons (Fsp3) is 0.350. The lowest BCUT2D eigenvalue weighted by Crippen LogP contribution is -2.25. The van der Waals surface area contributed by atoms with Crippen LogP contribution >= 0.6 is 0 Å². The molecule has 0 fully saturated rings. The summed E-state index contributed by atoms with van der Waals surface area (Å²) < 4.78 is 39.3. The SMILES string of the molecule is CCOc1ccc(-c2cc3c(cc2F)[C@H](OC(N)=O)C(C)(C)C3)cc1F. The Bertz CT molecular complexity index is 864. The first-order chi connectivity index (χ1) is 12.2. The molecule has 0 saturated carbocycles. The van der Waals surface area contributed by atoms with Crippen LogP contribution in [0.3, 0.4) is 0 Å². The van der Waals surface area contributed by atoms with Gasteiger partial charge >= 0.3 is 6.09 Å². The van der Waals surface area contributed by atoms with Gasteiger partial charge in [0.1, 0.15) is 11.9 Å². The molecule has 0 aromatic heterocycles. The van der Waals surface area contributed by atoms with Gasteiger partial charge in [0, 0.05) is 11.0 Å². The summed E-state index contributed by atoms with van der Waals surface area (Å²) in [4.78, 5) is 11.2. The molecule has 2 aromatic carbocycles. The highest BCUT2D eigenvalue weighted by Gasteiger charge is 2.42. The Hall–Kier alpha value is -2.63. The first-order valence-electron chi connectivity index (χ1n) is 8.44. The molecular formula is C20H21F2NO3. The molecule has 1 aliphatic rings. The standard InChI is InChI=1S/C20H21F2NO3/c1-4-25-17-6-5-11(8-16(17)22)13-7-12-10-20(2,3)18(26-19(23)24)14(12)9-15(13)21/h5-9,18H,4,10H2,1-3H3,(H2,23,24)/t18-/m0/s1. The lowest BCUT2D eigenvalue weighted by Gasteiger charge is -2.26. The third kappa shape index (κ3) is 3.23. The number of rotatable bonds is 4. The van der Waals surface area contributed by atoms with Crippen molar-refractivity contribution in [3.63, 3.8) is 0 Å². The molecule has 0 heterocycles. The molecular weight excluding hydrogens is 340 g/mol. The van der Waals surface area contributed by atoms with E-state index in [1.807, 2.05) is 13.8 Å². The maximum Gasteiger partial charge on any atom is 0.405 e. The zero-order valence-corrected chi connectivity index (χ0v) is 14.9. The highest BCUT2D eigenvalue weighted by molar-refractivity contribution is 5.69. The van der Waals surface area contributed by atoms with Crippen molar-refractivity contribution in [2.45, 2.75) is 33.3 Å². The van der Waals surface area contributed by atoms with E-state index in [1.54, 1.807) is 19.1 Å². The van der Waals surface area contributed by atoms with Gasteiger partial charge in [0.2, 0.25) is 0 Å². The summed E-state index contributed by atoms with van der Waals surface area (Å²) in [5.74, 6) is -0.920. The summed E-state index contributed by atoms with van der Waals surface area (Å²) in [5.41, 5.74) is 6.91. The molecule has 0 bridgehead atoms. The van der Waals surface area contributed by atoms with E-state index in [0.29, 0.717) is 29.7 Å². The van der Waals surface area contributed by atoms with Crippen LogP contribution in [0, 0.1) is 17.0 Å². The van der Waals surface area contributed by atoms with Crippen molar-refractivity contribution in [2.75, 3.05) is 6.61 Å². The Labute approximate surface area is 150 Å². The predicted octanol–water partition coefficient (Wildman–Crippen LogP) is 4.75. The van der Waals surface area contributed by atoms with Crippen LogP contribution in [0.1, 0.15) is 38.0 Å². The number of hydrogen-bond donors (Lipinski definition) is 1. The van der Waals surface area contributed by atoms with Crippen LogP contribution in [0.4, 0.5) is 13.6 Å². The number of hydrogen-bond acceptors (Lipinski definition) is 3. The number of carbonyl (C=O) groups excluding carboxylic acids is 1. The Kier molecular flexibility index (Phi) is 4.61. The molecule has 3 rings (SSSR count). The largest absolute Gasteiger partial charge is 0.491 e. The molecule has 138 valence electrons. The van der Waals surface area contributed by atoms with Gasteiger partial charge in [-0.1, -0.05) is 19.9 Å². The average Bonchev–Trinajstić information content (AvgIpc) is 2.78. The molecule has 26 heavy (non-hydrogen) atoms. The summed E-state index contributed by atoms with van der Waals surface area (Å²) in [6.07, 6.45) is -0.919. The lowest BCUT2D eigenvalue weighted by molar-refractivity contribution is 0.0391. The Morgan fingerprint density at radius 1 is 1.23 bits per heavy atom. The van der Waals surface area contributed by atoms with Gasteiger partial charge < -0.3 is 15.2 Å². The van der Waals surface area contributed by atoms with Crippen LogP contribution in [0.2, 0.25) is 0 Å². The van der Waals surface area contributed by atoms with E-state index in [2.05, 4.69) is 0 Å². The predicted molar refractivity (Wildman–Crippen MR) is 93.9 cm³/mol. The summed E-state index contributed by atoms with van der Waals surface area (Å²) >= 11 is 0. The van der Waals surface area contributed by atoms with Crippen molar-refractivity contribution in [1.29, 1.82) is 0 Å². The first-order valence-corrected chi connectivity index (χ1v) is 8.44. The molecule has 0 aliphatic heterocycles. The molecule has 4 nitrogen and oxygen atoms in total. The van der Waals surface area contributed by atoms with Gasteiger partial charge in [0.05, 0.1) is 6.61 Å². The third-order valence-corrected chi connectivity index (χ3v) is 4.64. The van der Waals surface area contributed by atoms with Gasteiger partial charge in [0.15, 0.2) is 11.6 Å². The van der Waals surface area contributed by atoms with Crippen molar-refractivity contribution in [1.82, 2.24) is 0 Å². The Balaban J connectivity index is 2.03. The third-order valence-electron chi connectivity index (χ3n) is 4.64. The first kappa shape index (κ1) is 18.2. The number of primary amides is 1. The monoisotopic (exact) mass is 361 g/mol. The number of benzene rings is 2. The van der Waals surface area contributed by atoms with Crippen molar-refractivity contribution >= 4 is 6.09 Å². The summed E-state index contributed by atoms with van der Waals surface area (Å²) in [7, 11) is 0. The van der Waals surface area contributed by atoms with Crippen LogP contribution in [-0.2, 0) is 11.2 Å². The van der Waals surface area contributed by atoms with Crippen LogP contribution < -0.4 is 10.5 Å². The fourth-order valence-electron chi connectivity index (χ4n) is 3.54. The van der Waals surface area contributed by atoms with E-state index < -0.39 is 29.2 Å². The fourth-order valence-corrected chi connectivity index (χ4v) is 3.54. The number of fused-ring (bicyclic) bond motifs is 1. The summed E-state index contributed by atoms with van der Waals surface area (Å²) in [6.45, 7) is 5.96. The maximum absolute atomic E-state index is 14.7. The van der Waals surface area contributed by atoms with Gasteiger partial charge in [-0.05, 0) is 54.3 Å². The van der Waals surface area contributed by atoms with Crippen LogP contribution in [0.15, 0.2) is 30.3 Å². The molecule has 1 aliphatic carbocycles. The zero-order chi connectivity index (χ0) is 19.1. The molecule has 0 spiro atoms. The minimum Gasteiger partial charge on any atom is -0.491 e. The number of ether oxygens (including phenoxy) is 2. The molecule has 0 saturated heterocycles. The van der Waals surface area contributed by atoms with Gasteiger partial charge in [-0.15, -0.1) is 0 Å². The van der Waals surface area contributed by atoms with E-state index in [9.17, 15) is 13.6 Å². The van der Waals surface area contributed by atoms with Crippen molar-refractivity contribution in [3.05, 3.63) is 53.1 Å². The molecule has 2 N–H and O–H groups in total. The quantitative estimate of drug-likeness (QED) is 0.855. The lowest BCUT2D eigenvalue weighted by atomic mass is 9.87. The topological polar surface area (TPSA) is 61.6 Å². The maximum atomic E-state index is 14.7. The smallest absolute Gasteiger partial charge is 0.405 e. The van der Waals surface area contributed by atoms with Gasteiger partial charge in [0.25, 0.3) is 0 Å². The molecule has 2 aromatic rings. The molecule has 0 radical (unpaired) electrons. The summed E-state index contributed by atoms with van der Waals surface area (Å²) in [6, 6.07) is 7.40.